The van der Waals surface area contributed by atoms with Gasteiger partial charge in [0.2, 0.25) is 5.75 Å². The second-order valence-electron chi connectivity index (χ2n) is 5.67. The molecule has 0 aliphatic rings. The molecule has 0 spiro atoms. The number of methoxy groups -OCH3 is 3. The molecule has 0 bridgehead atoms. The summed E-state index contributed by atoms with van der Waals surface area (Å²) in [4.78, 5) is 4.51. The van der Waals surface area contributed by atoms with Crippen molar-refractivity contribution in [3.63, 3.8) is 0 Å². The Bertz CT molecular complexity index is 965. The van der Waals surface area contributed by atoms with Gasteiger partial charge in [-0.25, -0.2) is 4.21 Å². The first-order valence-electron chi connectivity index (χ1n) is 8.05. The summed E-state index contributed by atoms with van der Waals surface area (Å²) in [5.74, 6) is 1.45. The third-order valence-corrected chi connectivity index (χ3v) is 5.50. The summed E-state index contributed by atoms with van der Waals surface area (Å²) in [6.45, 7) is 1.85. The van der Waals surface area contributed by atoms with Crippen LogP contribution < -0.4 is 14.2 Å². The summed E-state index contributed by atoms with van der Waals surface area (Å²) in [6, 6.07) is 11.4. The Morgan fingerprint density at radius 3 is 2.35 bits per heavy atom. The molecule has 1 atom stereocenters. The Morgan fingerprint density at radius 1 is 1.04 bits per heavy atom. The Kier molecular flexibility index (Phi) is 5.32. The SMILES string of the molecule is COc1cc(S(=O)/C(C)=C/c2cccc3[nH]ccc23)cc(OC)c1OC. The molecule has 0 saturated carbocycles. The Balaban J connectivity index is 2.02. The van der Waals surface area contributed by atoms with Crippen molar-refractivity contribution < 1.29 is 18.4 Å². The molecule has 0 aliphatic carbocycles. The van der Waals surface area contributed by atoms with Gasteiger partial charge in [0.25, 0.3) is 0 Å². The molecule has 1 unspecified atom stereocenters. The monoisotopic (exact) mass is 371 g/mol. The molecule has 136 valence electrons. The highest BCUT2D eigenvalue weighted by molar-refractivity contribution is 7.89. The highest BCUT2D eigenvalue weighted by atomic mass is 32.2. The lowest BCUT2D eigenvalue weighted by molar-refractivity contribution is 0.323. The molecular formula is C20H21NO4S. The standard InChI is InChI=1S/C20H21NO4S/c1-13(10-14-6-5-7-17-16(14)8-9-21-17)26(22)15-11-18(23-2)20(25-4)19(12-15)24-3/h5-12,21H,1-4H3/b13-10+. The predicted molar refractivity (Wildman–Crippen MR) is 104 cm³/mol. The maximum absolute atomic E-state index is 13.0. The average molecular weight is 371 g/mol. The van der Waals surface area contributed by atoms with Crippen LogP contribution in [0.25, 0.3) is 17.0 Å². The van der Waals surface area contributed by atoms with Crippen molar-refractivity contribution in [2.75, 3.05) is 21.3 Å². The molecule has 26 heavy (non-hydrogen) atoms. The van der Waals surface area contributed by atoms with Gasteiger partial charge in [0.05, 0.1) is 37.0 Å². The first-order chi connectivity index (χ1) is 12.6. The molecule has 0 amide bonds. The molecule has 6 heteroatoms. The third kappa shape index (κ3) is 3.32. The first kappa shape index (κ1) is 18.1. The van der Waals surface area contributed by atoms with Crippen LogP contribution in [0.2, 0.25) is 0 Å². The fraction of sp³-hybridized carbons (Fsp3) is 0.200. The number of rotatable bonds is 6. The summed E-state index contributed by atoms with van der Waals surface area (Å²) in [6.07, 6.45) is 3.84. The zero-order valence-electron chi connectivity index (χ0n) is 15.2. The van der Waals surface area contributed by atoms with Crippen LogP contribution in [0, 0.1) is 0 Å². The molecule has 0 saturated heterocycles. The molecule has 3 aromatic rings. The Morgan fingerprint density at radius 2 is 1.73 bits per heavy atom. The lowest BCUT2D eigenvalue weighted by Gasteiger charge is -2.14. The molecule has 0 radical (unpaired) electrons. The number of H-pyrrole nitrogens is 1. The lowest BCUT2D eigenvalue weighted by atomic mass is 10.1. The summed E-state index contributed by atoms with van der Waals surface area (Å²) >= 11 is 0. The topological polar surface area (TPSA) is 60.6 Å². The number of hydrogen-bond donors (Lipinski definition) is 1. The minimum atomic E-state index is -1.36. The Labute approximate surface area is 155 Å². The predicted octanol–water partition coefficient (Wildman–Crippen LogP) is 4.36. The number of allylic oxidation sites excluding steroid dienone is 1. The second kappa shape index (κ2) is 7.66. The summed E-state index contributed by atoms with van der Waals surface area (Å²) in [7, 11) is 3.27. The highest BCUT2D eigenvalue weighted by Crippen LogP contribution is 2.39. The molecule has 0 fully saturated rings. The van der Waals surface area contributed by atoms with Crippen molar-refractivity contribution in [2.45, 2.75) is 11.8 Å². The van der Waals surface area contributed by atoms with Crippen molar-refractivity contribution in [3.8, 4) is 17.2 Å². The number of nitrogens with one attached hydrogen (secondary N) is 1. The number of benzene rings is 2. The van der Waals surface area contributed by atoms with E-state index in [2.05, 4.69) is 4.98 Å². The van der Waals surface area contributed by atoms with E-state index in [-0.39, 0.29) is 0 Å². The van der Waals surface area contributed by atoms with Gasteiger partial charge in [-0.3, -0.25) is 0 Å². The lowest BCUT2D eigenvalue weighted by Crippen LogP contribution is -1.99. The van der Waals surface area contributed by atoms with Crippen molar-refractivity contribution in [1.82, 2.24) is 4.98 Å². The van der Waals surface area contributed by atoms with E-state index in [1.165, 1.54) is 0 Å². The van der Waals surface area contributed by atoms with Gasteiger partial charge in [-0.2, -0.15) is 0 Å². The maximum Gasteiger partial charge on any atom is 0.203 e. The number of ether oxygens (including phenoxy) is 3. The van der Waals surface area contributed by atoms with Gasteiger partial charge < -0.3 is 19.2 Å². The molecule has 1 aromatic heterocycles. The van der Waals surface area contributed by atoms with Crippen LogP contribution in [0.5, 0.6) is 17.2 Å². The van der Waals surface area contributed by atoms with Crippen LogP contribution in [0.4, 0.5) is 0 Å². The van der Waals surface area contributed by atoms with Gasteiger partial charge >= 0.3 is 0 Å². The van der Waals surface area contributed by atoms with E-state index in [1.807, 2.05) is 43.5 Å². The van der Waals surface area contributed by atoms with Crippen LogP contribution in [0.3, 0.4) is 0 Å². The molecular weight excluding hydrogens is 350 g/mol. The van der Waals surface area contributed by atoms with Gasteiger partial charge in [0.1, 0.15) is 0 Å². The van der Waals surface area contributed by atoms with E-state index in [0.717, 1.165) is 21.4 Å². The van der Waals surface area contributed by atoms with Crippen LogP contribution in [-0.4, -0.2) is 30.5 Å². The van der Waals surface area contributed by atoms with Crippen LogP contribution in [-0.2, 0) is 10.8 Å². The summed E-state index contributed by atoms with van der Waals surface area (Å²) in [5, 5.41) is 1.09. The Hall–Kier alpha value is -2.73. The van der Waals surface area contributed by atoms with Crippen LogP contribution >= 0.6 is 0 Å². The van der Waals surface area contributed by atoms with E-state index < -0.39 is 10.8 Å². The zero-order chi connectivity index (χ0) is 18.7. The fourth-order valence-corrected chi connectivity index (χ4v) is 3.89. The van der Waals surface area contributed by atoms with E-state index in [0.29, 0.717) is 22.1 Å². The molecule has 1 N–H and O–H groups in total. The van der Waals surface area contributed by atoms with E-state index >= 15 is 0 Å². The largest absolute Gasteiger partial charge is 0.493 e. The van der Waals surface area contributed by atoms with Gasteiger partial charge in [0, 0.05) is 34.1 Å². The van der Waals surface area contributed by atoms with Crippen molar-refractivity contribution >= 4 is 27.8 Å². The van der Waals surface area contributed by atoms with E-state index in [1.54, 1.807) is 33.5 Å². The average Bonchev–Trinajstić information content (AvgIpc) is 3.15. The summed E-state index contributed by atoms with van der Waals surface area (Å²) < 4.78 is 29.1. The van der Waals surface area contributed by atoms with E-state index in [9.17, 15) is 4.21 Å². The van der Waals surface area contributed by atoms with Crippen LogP contribution in [0.15, 0.2) is 52.4 Å². The number of aromatic nitrogens is 1. The van der Waals surface area contributed by atoms with Gasteiger partial charge in [-0.15, -0.1) is 0 Å². The minimum absolute atomic E-state index is 0.481. The third-order valence-electron chi connectivity index (χ3n) is 4.13. The minimum Gasteiger partial charge on any atom is -0.493 e. The maximum atomic E-state index is 13.0. The second-order valence-corrected chi connectivity index (χ2v) is 7.32. The van der Waals surface area contributed by atoms with Gasteiger partial charge in [-0.1, -0.05) is 12.1 Å². The highest BCUT2D eigenvalue weighted by Gasteiger charge is 2.17. The zero-order valence-corrected chi connectivity index (χ0v) is 16.0. The molecule has 0 aliphatic heterocycles. The van der Waals surface area contributed by atoms with Crippen molar-refractivity contribution in [1.29, 1.82) is 0 Å². The number of fused-ring (bicyclic) bond motifs is 1. The quantitative estimate of drug-likeness (QED) is 0.699. The van der Waals surface area contributed by atoms with Crippen molar-refractivity contribution in [3.05, 3.63) is 53.1 Å². The summed E-state index contributed by atoms with van der Waals surface area (Å²) in [5.41, 5.74) is 2.06. The normalized spacial score (nSPS) is 12.8. The molecule has 2 aromatic carbocycles. The van der Waals surface area contributed by atoms with Crippen LogP contribution in [0.1, 0.15) is 12.5 Å². The van der Waals surface area contributed by atoms with Gasteiger partial charge in [-0.05, 0) is 30.7 Å². The van der Waals surface area contributed by atoms with Crippen molar-refractivity contribution in [2.24, 2.45) is 0 Å². The first-order valence-corrected chi connectivity index (χ1v) is 9.20. The van der Waals surface area contributed by atoms with Gasteiger partial charge in [0.15, 0.2) is 11.5 Å². The smallest absolute Gasteiger partial charge is 0.203 e. The fourth-order valence-electron chi connectivity index (χ4n) is 2.86. The number of hydrogen-bond acceptors (Lipinski definition) is 4. The van der Waals surface area contributed by atoms with E-state index in [4.69, 9.17) is 14.2 Å². The number of aromatic amines is 1. The molecule has 5 nitrogen and oxygen atoms in total. The molecule has 3 rings (SSSR count). The molecule has 1 heterocycles.